The van der Waals surface area contributed by atoms with Crippen molar-refractivity contribution in [3.8, 4) is 0 Å². The zero-order chi connectivity index (χ0) is 14.7. The average Bonchev–Trinajstić information content (AvgIpc) is 2.94. The molecular formula is C18H26N2O. The Hall–Kier alpha value is -1.35. The number of aryl methyl sites for hydroxylation is 1. The minimum absolute atomic E-state index is 0.121. The Balaban J connectivity index is 1.58. The molecule has 3 nitrogen and oxygen atoms in total. The molecule has 114 valence electrons. The van der Waals surface area contributed by atoms with Crippen molar-refractivity contribution in [2.45, 2.75) is 39.0 Å². The van der Waals surface area contributed by atoms with E-state index in [1.165, 1.54) is 30.4 Å². The van der Waals surface area contributed by atoms with Crippen LogP contribution in [0.1, 0.15) is 36.8 Å². The van der Waals surface area contributed by atoms with Gasteiger partial charge < -0.3 is 10.6 Å². The third-order valence-corrected chi connectivity index (χ3v) is 5.43. The Bertz CT molecular complexity index is 514. The molecule has 1 heterocycles. The minimum atomic E-state index is -0.121. The number of rotatable bonds is 4. The fourth-order valence-electron chi connectivity index (χ4n) is 4.07. The Morgan fingerprint density at radius 2 is 2.24 bits per heavy atom. The molecule has 21 heavy (non-hydrogen) atoms. The number of hydrogen-bond acceptors (Lipinski definition) is 2. The van der Waals surface area contributed by atoms with Crippen molar-refractivity contribution in [3.05, 3.63) is 35.4 Å². The molecule has 1 aromatic rings. The van der Waals surface area contributed by atoms with Gasteiger partial charge in [0.05, 0.1) is 5.41 Å². The van der Waals surface area contributed by atoms with Crippen LogP contribution >= 0.6 is 0 Å². The largest absolute Gasteiger partial charge is 0.355 e. The highest BCUT2D eigenvalue weighted by Gasteiger charge is 2.49. The molecule has 0 radical (unpaired) electrons. The highest BCUT2D eigenvalue weighted by atomic mass is 16.2. The summed E-state index contributed by atoms with van der Waals surface area (Å²) >= 11 is 0. The molecule has 0 unspecified atom stereocenters. The Morgan fingerprint density at radius 1 is 1.38 bits per heavy atom. The Morgan fingerprint density at radius 3 is 3.10 bits per heavy atom. The molecule has 2 aliphatic rings. The standard InChI is InChI=1S/C18H26N2O/c1-14-6-2-3-7-15(14)9-11-20-17(21)18-10-5-4-8-16(18)12-19-13-18/h2-3,6-7,16,19H,4-5,8-13H2,1H3,(H,20,21)/t16-,18+/m0/s1. The fraction of sp³-hybridized carbons (Fsp3) is 0.611. The van der Waals surface area contributed by atoms with Crippen molar-refractivity contribution in [1.29, 1.82) is 0 Å². The van der Waals surface area contributed by atoms with Crippen LogP contribution in [0.2, 0.25) is 0 Å². The maximum atomic E-state index is 12.7. The first-order chi connectivity index (χ1) is 10.2. The van der Waals surface area contributed by atoms with E-state index in [2.05, 4.69) is 41.8 Å². The summed E-state index contributed by atoms with van der Waals surface area (Å²) in [5.41, 5.74) is 2.52. The van der Waals surface area contributed by atoms with E-state index in [0.29, 0.717) is 5.92 Å². The molecule has 0 aromatic heterocycles. The van der Waals surface area contributed by atoms with Crippen LogP contribution in [0.3, 0.4) is 0 Å². The SMILES string of the molecule is Cc1ccccc1CCNC(=O)[C@@]12CCCC[C@H]1CNC2. The van der Waals surface area contributed by atoms with Gasteiger partial charge in [-0.1, -0.05) is 37.1 Å². The topological polar surface area (TPSA) is 41.1 Å². The predicted molar refractivity (Wildman–Crippen MR) is 85.2 cm³/mol. The minimum Gasteiger partial charge on any atom is -0.355 e. The molecule has 0 spiro atoms. The summed E-state index contributed by atoms with van der Waals surface area (Å²) in [6.45, 7) is 4.77. The summed E-state index contributed by atoms with van der Waals surface area (Å²) < 4.78 is 0. The molecule has 2 fully saturated rings. The van der Waals surface area contributed by atoms with Crippen LogP contribution in [-0.4, -0.2) is 25.5 Å². The molecule has 1 amide bonds. The van der Waals surface area contributed by atoms with Crippen LogP contribution in [0.15, 0.2) is 24.3 Å². The smallest absolute Gasteiger partial charge is 0.227 e. The first kappa shape index (κ1) is 14.6. The molecule has 1 aromatic carbocycles. The van der Waals surface area contributed by atoms with Gasteiger partial charge in [-0.3, -0.25) is 4.79 Å². The van der Waals surface area contributed by atoms with Crippen LogP contribution in [0.4, 0.5) is 0 Å². The lowest BCUT2D eigenvalue weighted by Gasteiger charge is -2.37. The van der Waals surface area contributed by atoms with E-state index in [1.807, 2.05) is 0 Å². The third-order valence-electron chi connectivity index (χ3n) is 5.43. The highest BCUT2D eigenvalue weighted by Crippen LogP contribution is 2.43. The number of carbonyl (C=O) groups is 1. The van der Waals surface area contributed by atoms with E-state index in [-0.39, 0.29) is 11.3 Å². The van der Waals surface area contributed by atoms with Crippen LogP contribution in [0, 0.1) is 18.3 Å². The number of benzene rings is 1. The van der Waals surface area contributed by atoms with Gasteiger partial charge in [-0.15, -0.1) is 0 Å². The molecule has 3 heteroatoms. The lowest BCUT2D eigenvalue weighted by molar-refractivity contribution is -0.133. The Kier molecular flexibility index (Phi) is 4.29. The van der Waals surface area contributed by atoms with Crippen molar-refractivity contribution in [2.75, 3.05) is 19.6 Å². The maximum Gasteiger partial charge on any atom is 0.227 e. The quantitative estimate of drug-likeness (QED) is 0.892. The van der Waals surface area contributed by atoms with Gasteiger partial charge >= 0.3 is 0 Å². The third kappa shape index (κ3) is 2.84. The van der Waals surface area contributed by atoms with Crippen LogP contribution < -0.4 is 10.6 Å². The summed E-state index contributed by atoms with van der Waals surface area (Å²) in [6, 6.07) is 8.42. The number of carbonyl (C=O) groups excluding carboxylic acids is 1. The Labute approximate surface area is 127 Å². The molecule has 2 atom stereocenters. The zero-order valence-electron chi connectivity index (χ0n) is 13.0. The van der Waals surface area contributed by atoms with E-state index in [9.17, 15) is 4.79 Å². The molecule has 1 aliphatic carbocycles. The molecule has 1 saturated carbocycles. The van der Waals surface area contributed by atoms with E-state index in [1.54, 1.807) is 0 Å². The fourth-order valence-corrected chi connectivity index (χ4v) is 4.07. The van der Waals surface area contributed by atoms with Gasteiger partial charge in [-0.05, 0) is 49.8 Å². The van der Waals surface area contributed by atoms with Crippen molar-refractivity contribution in [3.63, 3.8) is 0 Å². The average molecular weight is 286 g/mol. The van der Waals surface area contributed by atoms with Crippen LogP contribution in [-0.2, 0) is 11.2 Å². The second kappa shape index (κ2) is 6.18. The van der Waals surface area contributed by atoms with Gasteiger partial charge in [0.15, 0.2) is 0 Å². The van der Waals surface area contributed by atoms with Gasteiger partial charge in [-0.25, -0.2) is 0 Å². The second-order valence-corrected chi connectivity index (χ2v) is 6.66. The maximum absolute atomic E-state index is 12.7. The molecule has 0 bridgehead atoms. The van der Waals surface area contributed by atoms with Gasteiger partial charge in [-0.2, -0.15) is 0 Å². The molecule has 2 N–H and O–H groups in total. The summed E-state index contributed by atoms with van der Waals surface area (Å²) in [7, 11) is 0. The summed E-state index contributed by atoms with van der Waals surface area (Å²) in [5, 5.41) is 6.65. The predicted octanol–water partition coefficient (Wildman–Crippen LogP) is 2.43. The molecule has 1 saturated heterocycles. The zero-order valence-corrected chi connectivity index (χ0v) is 13.0. The van der Waals surface area contributed by atoms with Crippen LogP contribution in [0.5, 0.6) is 0 Å². The monoisotopic (exact) mass is 286 g/mol. The number of nitrogens with one attached hydrogen (secondary N) is 2. The molecule has 3 rings (SSSR count). The lowest BCUT2D eigenvalue weighted by Crippen LogP contribution is -2.48. The summed E-state index contributed by atoms with van der Waals surface area (Å²) in [5.74, 6) is 0.829. The van der Waals surface area contributed by atoms with Gasteiger partial charge in [0, 0.05) is 13.1 Å². The lowest BCUT2D eigenvalue weighted by atomic mass is 9.67. The van der Waals surface area contributed by atoms with Gasteiger partial charge in [0.1, 0.15) is 0 Å². The van der Waals surface area contributed by atoms with Crippen molar-refractivity contribution in [1.82, 2.24) is 10.6 Å². The van der Waals surface area contributed by atoms with Crippen molar-refractivity contribution >= 4 is 5.91 Å². The molecule has 1 aliphatic heterocycles. The molecular weight excluding hydrogens is 260 g/mol. The van der Waals surface area contributed by atoms with E-state index in [0.717, 1.165) is 32.5 Å². The second-order valence-electron chi connectivity index (χ2n) is 6.66. The van der Waals surface area contributed by atoms with Crippen LogP contribution in [0.25, 0.3) is 0 Å². The van der Waals surface area contributed by atoms with Gasteiger partial charge in [0.2, 0.25) is 5.91 Å². The van der Waals surface area contributed by atoms with Gasteiger partial charge in [0.25, 0.3) is 0 Å². The van der Waals surface area contributed by atoms with Crippen molar-refractivity contribution in [2.24, 2.45) is 11.3 Å². The van der Waals surface area contributed by atoms with E-state index >= 15 is 0 Å². The summed E-state index contributed by atoms with van der Waals surface area (Å²) in [6.07, 6.45) is 5.67. The first-order valence-electron chi connectivity index (χ1n) is 8.26. The number of amides is 1. The number of fused-ring (bicyclic) bond motifs is 1. The van der Waals surface area contributed by atoms with Crippen molar-refractivity contribution < 1.29 is 4.79 Å². The van der Waals surface area contributed by atoms with E-state index in [4.69, 9.17) is 0 Å². The number of hydrogen-bond donors (Lipinski definition) is 2. The van der Waals surface area contributed by atoms with E-state index < -0.39 is 0 Å². The summed E-state index contributed by atoms with van der Waals surface area (Å²) in [4.78, 5) is 12.7. The normalized spacial score (nSPS) is 28.1. The first-order valence-corrected chi connectivity index (χ1v) is 8.26. The highest BCUT2D eigenvalue weighted by molar-refractivity contribution is 5.83.